The summed E-state index contributed by atoms with van der Waals surface area (Å²) in [7, 11) is -7.14. The summed E-state index contributed by atoms with van der Waals surface area (Å²) in [6, 6.07) is 59.9. The highest BCUT2D eigenvalue weighted by Gasteiger charge is 2.50. The van der Waals surface area contributed by atoms with Gasteiger partial charge in [0.2, 0.25) is 0 Å². The van der Waals surface area contributed by atoms with E-state index in [1.54, 1.807) is 0 Å². The van der Waals surface area contributed by atoms with Crippen LogP contribution in [0.1, 0.15) is 49.4 Å². The molecule has 8 nitrogen and oxygen atoms in total. The molecule has 10 heteroatoms. The Labute approximate surface area is 375 Å². The van der Waals surface area contributed by atoms with Gasteiger partial charge >= 0.3 is 7.82 Å². The maximum absolute atomic E-state index is 14.6. The standard InChI is InChI=1S/C53H59O8PSi/c1-5-37-55-51(43-60-62(54,58-41-46-28-16-8-17-29-46)59-42-47-30-18-9-19-31-47)52(57-40-45-26-14-7-15-27-45)50(56-39-44-24-12-6-13-25-44)36-38-61-63(53(2,3)4,48-32-20-10-21-33-48)49-34-22-11-23-35-49/h1,6-35,50-52H,36-43H2,2-4H3/t50-,51-,52+/m1/s1. The summed E-state index contributed by atoms with van der Waals surface area (Å²) in [5.41, 5.74) is 3.56. The summed E-state index contributed by atoms with van der Waals surface area (Å²) in [5, 5.41) is 2.10. The van der Waals surface area contributed by atoms with Crippen molar-refractivity contribution in [3.05, 3.63) is 204 Å². The first-order valence-electron chi connectivity index (χ1n) is 21.4. The lowest BCUT2D eigenvalue weighted by Crippen LogP contribution is -2.66. The van der Waals surface area contributed by atoms with E-state index in [-0.39, 0.29) is 44.7 Å². The van der Waals surface area contributed by atoms with Crippen molar-refractivity contribution in [3.63, 3.8) is 0 Å². The van der Waals surface area contributed by atoms with Gasteiger partial charge in [-0.2, -0.15) is 0 Å². The summed E-state index contributed by atoms with van der Waals surface area (Å²) < 4.78 is 60.5. The van der Waals surface area contributed by atoms with Gasteiger partial charge in [0.15, 0.2) is 0 Å². The van der Waals surface area contributed by atoms with E-state index in [4.69, 9.17) is 38.6 Å². The molecule has 6 rings (SSSR count). The third-order valence-electron chi connectivity index (χ3n) is 10.7. The van der Waals surface area contributed by atoms with Crippen molar-refractivity contribution < 1.29 is 36.8 Å². The molecule has 0 saturated carbocycles. The van der Waals surface area contributed by atoms with E-state index >= 15 is 0 Å². The second-order valence-corrected chi connectivity index (χ2v) is 22.2. The Bertz CT molecular complexity index is 2190. The lowest BCUT2D eigenvalue weighted by atomic mass is 10.0. The summed E-state index contributed by atoms with van der Waals surface area (Å²) in [6.45, 7) is 7.31. The first-order chi connectivity index (χ1) is 30.7. The van der Waals surface area contributed by atoms with Crippen LogP contribution in [0.3, 0.4) is 0 Å². The normalized spacial score (nSPS) is 13.5. The smallest absolute Gasteiger partial charge is 0.407 e. The highest BCUT2D eigenvalue weighted by molar-refractivity contribution is 7.48. The molecule has 0 heterocycles. The summed E-state index contributed by atoms with van der Waals surface area (Å²) in [4.78, 5) is 0. The van der Waals surface area contributed by atoms with Crippen molar-refractivity contribution in [3.8, 4) is 12.3 Å². The molecule has 328 valence electrons. The van der Waals surface area contributed by atoms with Gasteiger partial charge in [-0.05, 0) is 44.1 Å². The molecule has 0 saturated heterocycles. The van der Waals surface area contributed by atoms with Crippen molar-refractivity contribution in [1.82, 2.24) is 0 Å². The van der Waals surface area contributed by atoms with Crippen LogP contribution in [-0.2, 0) is 63.2 Å². The number of phosphoric ester groups is 1. The number of hydrogen-bond donors (Lipinski definition) is 0. The van der Waals surface area contributed by atoms with E-state index in [1.807, 2.05) is 133 Å². The van der Waals surface area contributed by atoms with Crippen LogP contribution in [-0.4, -0.2) is 46.4 Å². The van der Waals surface area contributed by atoms with E-state index in [2.05, 4.69) is 75.2 Å². The maximum atomic E-state index is 14.6. The number of ether oxygens (including phenoxy) is 3. The minimum atomic E-state index is -4.22. The van der Waals surface area contributed by atoms with Crippen molar-refractivity contribution in [2.24, 2.45) is 0 Å². The molecular weight excluding hydrogens is 824 g/mol. The van der Waals surface area contributed by atoms with Gasteiger partial charge in [0, 0.05) is 6.61 Å². The van der Waals surface area contributed by atoms with Crippen LogP contribution in [0.5, 0.6) is 0 Å². The fraction of sp³-hybridized carbons (Fsp3) is 0.283. The third kappa shape index (κ3) is 14.0. The minimum absolute atomic E-state index is 0.000875. The SMILES string of the molecule is C#CCO[C@H](COP(=O)(OCc1ccccc1)OCc1ccccc1)[C@@H](OCc1ccccc1)[C@@H](CCO[Si](c1ccccc1)(c1ccccc1)C(C)(C)C)OCc1ccccc1. The zero-order valence-corrected chi connectivity index (χ0v) is 38.4. The molecule has 0 amide bonds. The first-order valence-corrected chi connectivity index (χ1v) is 24.8. The Morgan fingerprint density at radius 3 is 1.33 bits per heavy atom. The molecule has 0 aliphatic heterocycles. The maximum Gasteiger partial charge on any atom is 0.475 e. The molecule has 0 N–H and O–H groups in total. The van der Waals surface area contributed by atoms with Crippen LogP contribution in [0.15, 0.2) is 182 Å². The Balaban J connectivity index is 1.34. The average Bonchev–Trinajstić information content (AvgIpc) is 3.32. The predicted molar refractivity (Wildman–Crippen MR) is 253 cm³/mol. The van der Waals surface area contributed by atoms with E-state index in [9.17, 15) is 4.57 Å². The van der Waals surface area contributed by atoms with Gasteiger partial charge < -0.3 is 18.6 Å². The molecular formula is C53H59O8PSi. The summed E-state index contributed by atoms with van der Waals surface area (Å²) in [6.07, 6.45) is 3.96. The molecule has 0 bridgehead atoms. The number of hydrogen-bond acceptors (Lipinski definition) is 8. The Hall–Kier alpha value is -4.95. The third-order valence-corrected chi connectivity index (χ3v) is 17.1. The molecule has 6 aromatic carbocycles. The Kier molecular flexibility index (Phi) is 18.3. The van der Waals surface area contributed by atoms with E-state index < -0.39 is 34.5 Å². The zero-order valence-electron chi connectivity index (χ0n) is 36.5. The van der Waals surface area contributed by atoms with Gasteiger partial charge in [-0.3, -0.25) is 13.6 Å². The second kappa shape index (κ2) is 24.2. The van der Waals surface area contributed by atoms with Crippen LogP contribution in [0.25, 0.3) is 0 Å². The fourth-order valence-corrected chi connectivity index (χ4v) is 13.3. The van der Waals surface area contributed by atoms with Gasteiger partial charge in [-0.15, -0.1) is 6.42 Å². The summed E-state index contributed by atoms with van der Waals surface area (Å²) in [5.74, 6) is 2.61. The molecule has 0 unspecified atom stereocenters. The van der Waals surface area contributed by atoms with Crippen LogP contribution >= 0.6 is 7.82 Å². The highest BCUT2D eigenvalue weighted by Crippen LogP contribution is 2.51. The van der Waals surface area contributed by atoms with Crippen molar-refractivity contribution in [2.75, 3.05) is 19.8 Å². The quantitative estimate of drug-likeness (QED) is 0.0320. The van der Waals surface area contributed by atoms with Crippen LogP contribution < -0.4 is 10.4 Å². The molecule has 3 atom stereocenters. The summed E-state index contributed by atoms with van der Waals surface area (Å²) >= 11 is 0. The molecule has 0 aliphatic carbocycles. The lowest BCUT2D eigenvalue weighted by molar-refractivity contribution is -0.157. The van der Waals surface area contributed by atoms with Crippen molar-refractivity contribution >= 4 is 26.5 Å². The largest absolute Gasteiger partial charge is 0.475 e. The molecule has 0 spiro atoms. The van der Waals surface area contributed by atoms with Gasteiger partial charge in [-0.1, -0.05) is 209 Å². The van der Waals surface area contributed by atoms with Gasteiger partial charge in [0.1, 0.15) is 18.8 Å². The number of phosphoric acid groups is 1. The average molecular weight is 883 g/mol. The Morgan fingerprint density at radius 1 is 0.524 bits per heavy atom. The number of terminal acetylenes is 1. The zero-order chi connectivity index (χ0) is 44.2. The van der Waals surface area contributed by atoms with Crippen molar-refractivity contribution in [2.45, 2.75) is 77.0 Å². The van der Waals surface area contributed by atoms with Gasteiger partial charge in [0.25, 0.3) is 8.32 Å². The molecule has 0 aromatic heterocycles. The number of benzene rings is 6. The lowest BCUT2D eigenvalue weighted by Gasteiger charge is -2.43. The van der Waals surface area contributed by atoms with Gasteiger partial charge in [-0.25, -0.2) is 4.57 Å². The van der Waals surface area contributed by atoms with Crippen LogP contribution in [0.4, 0.5) is 0 Å². The topological polar surface area (TPSA) is 81.7 Å². The molecule has 0 fully saturated rings. The predicted octanol–water partition coefficient (Wildman–Crippen LogP) is 10.7. The second-order valence-electron chi connectivity index (χ2n) is 16.2. The van der Waals surface area contributed by atoms with Gasteiger partial charge in [0.05, 0.1) is 39.1 Å². The van der Waals surface area contributed by atoms with Crippen LogP contribution in [0, 0.1) is 12.3 Å². The van der Waals surface area contributed by atoms with E-state index in [0.29, 0.717) is 13.0 Å². The van der Waals surface area contributed by atoms with E-state index in [0.717, 1.165) is 22.3 Å². The first kappa shape index (κ1) is 47.5. The highest BCUT2D eigenvalue weighted by atomic mass is 31.2. The molecule has 63 heavy (non-hydrogen) atoms. The van der Waals surface area contributed by atoms with Crippen molar-refractivity contribution in [1.29, 1.82) is 0 Å². The number of rotatable bonds is 25. The van der Waals surface area contributed by atoms with Crippen LogP contribution in [0.2, 0.25) is 5.04 Å². The minimum Gasteiger partial charge on any atom is -0.407 e. The fourth-order valence-electron chi connectivity index (χ4n) is 7.56. The Morgan fingerprint density at radius 2 is 0.921 bits per heavy atom. The molecule has 0 aliphatic rings. The monoisotopic (exact) mass is 882 g/mol. The molecule has 6 aromatic rings. The molecule has 0 radical (unpaired) electrons. The van der Waals surface area contributed by atoms with E-state index in [1.165, 1.54) is 10.4 Å².